The summed E-state index contributed by atoms with van der Waals surface area (Å²) < 4.78 is 54.5. The van der Waals surface area contributed by atoms with Gasteiger partial charge in [-0.05, 0) is 12.1 Å². The number of hydrogen-bond donors (Lipinski definition) is 0. The number of imide groups is 1. The summed E-state index contributed by atoms with van der Waals surface area (Å²) in [6.07, 6.45) is -5.03. The fraction of sp³-hybridized carbons (Fsp3) is 0.111. The van der Waals surface area contributed by atoms with Crippen molar-refractivity contribution in [2.75, 3.05) is 6.54 Å². The van der Waals surface area contributed by atoms with E-state index < -0.39 is 35.9 Å². The lowest BCUT2D eigenvalue weighted by Gasteiger charge is -2.19. The second kappa shape index (κ2) is 6.16. The molecule has 0 N–H and O–H groups in total. The minimum atomic E-state index is -5.03. The minimum absolute atomic E-state index is 0.00847. The van der Waals surface area contributed by atoms with E-state index in [1.807, 2.05) is 0 Å². The van der Waals surface area contributed by atoms with Crippen molar-refractivity contribution < 1.29 is 27.2 Å². The second-order valence-corrected chi connectivity index (χ2v) is 5.40. The number of amides is 2. The highest BCUT2D eigenvalue weighted by Crippen LogP contribution is 2.35. The molecule has 3 rings (SSSR count). The first-order valence-corrected chi connectivity index (χ1v) is 7.27. The van der Waals surface area contributed by atoms with Crippen molar-refractivity contribution in [3.05, 3.63) is 76.9 Å². The molecule has 0 spiro atoms. The molecule has 0 atom stereocenters. The number of carbonyl (C=O) groups is 2. The van der Waals surface area contributed by atoms with Gasteiger partial charge in [0.2, 0.25) is 0 Å². The number of benzene rings is 2. The van der Waals surface area contributed by atoms with Crippen LogP contribution in [0.15, 0.2) is 60.2 Å². The van der Waals surface area contributed by atoms with Crippen molar-refractivity contribution in [3.8, 4) is 0 Å². The van der Waals surface area contributed by atoms with Crippen LogP contribution < -0.4 is 0 Å². The molecular formula is C18H11F4NO2. The summed E-state index contributed by atoms with van der Waals surface area (Å²) in [6.45, 7) is -1.18. The zero-order valence-electron chi connectivity index (χ0n) is 12.7. The fourth-order valence-electron chi connectivity index (χ4n) is 2.58. The summed E-state index contributed by atoms with van der Waals surface area (Å²) in [6, 6.07) is 12.4. The van der Waals surface area contributed by atoms with Gasteiger partial charge in [0.25, 0.3) is 11.8 Å². The van der Waals surface area contributed by atoms with E-state index in [9.17, 15) is 27.2 Å². The maximum Gasteiger partial charge on any atom is 0.417 e. The van der Waals surface area contributed by atoms with E-state index in [-0.39, 0.29) is 16.7 Å². The molecule has 0 fully saturated rings. The van der Waals surface area contributed by atoms with Gasteiger partial charge in [-0.25, -0.2) is 4.39 Å². The van der Waals surface area contributed by atoms with Crippen LogP contribution in [-0.4, -0.2) is 29.4 Å². The normalized spacial score (nSPS) is 15.3. The number of fused-ring (bicyclic) bond motifs is 1. The van der Waals surface area contributed by atoms with Gasteiger partial charge in [0.05, 0.1) is 23.2 Å². The highest BCUT2D eigenvalue weighted by atomic mass is 19.4. The molecule has 0 unspecified atom stereocenters. The van der Waals surface area contributed by atoms with Crippen LogP contribution >= 0.6 is 0 Å². The molecule has 1 aliphatic rings. The maximum atomic E-state index is 14.4. The van der Waals surface area contributed by atoms with Crippen LogP contribution in [0.1, 0.15) is 26.3 Å². The monoisotopic (exact) mass is 349 g/mol. The summed E-state index contributed by atoms with van der Waals surface area (Å²) in [5.41, 5.74) is -1.83. The lowest BCUT2D eigenvalue weighted by atomic mass is 10.1. The molecule has 0 saturated heterocycles. The van der Waals surface area contributed by atoms with E-state index in [0.717, 1.165) is 0 Å². The van der Waals surface area contributed by atoms with Crippen LogP contribution in [0.25, 0.3) is 5.83 Å². The van der Waals surface area contributed by atoms with Crippen molar-refractivity contribution in [1.82, 2.24) is 4.90 Å². The standard InChI is InChI=1S/C18H11F4NO2/c19-15(11-6-2-1-3-7-11)14(18(20,21)22)10-23-16(24)12-8-4-5-9-13(12)17(23)25/h1-9H,10H2. The molecule has 0 aromatic heterocycles. The molecule has 1 aliphatic heterocycles. The summed E-state index contributed by atoms with van der Waals surface area (Å²) >= 11 is 0. The zero-order valence-corrected chi connectivity index (χ0v) is 12.7. The number of hydrogen-bond acceptors (Lipinski definition) is 2. The van der Waals surface area contributed by atoms with Crippen LogP contribution in [-0.2, 0) is 0 Å². The molecule has 0 aliphatic carbocycles. The Hall–Kier alpha value is -2.96. The van der Waals surface area contributed by atoms with E-state index in [4.69, 9.17) is 0 Å². The van der Waals surface area contributed by atoms with Crippen molar-refractivity contribution in [2.24, 2.45) is 0 Å². The van der Waals surface area contributed by atoms with Crippen LogP contribution in [0, 0.1) is 0 Å². The Morgan fingerprint density at radius 3 is 1.80 bits per heavy atom. The number of alkyl halides is 3. The number of nitrogens with zero attached hydrogens (tertiary/aromatic N) is 1. The van der Waals surface area contributed by atoms with E-state index in [1.165, 1.54) is 54.6 Å². The maximum absolute atomic E-state index is 14.4. The SMILES string of the molecule is O=C1c2ccccc2C(=O)N1CC(=C(F)c1ccccc1)C(F)(F)F. The third kappa shape index (κ3) is 3.05. The quantitative estimate of drug-likeness (QED) is 0.614. The van der Waals surface area contributed by atoms with Crippen molar-refractivity contribution in [2.45, 2.75) is 6.18 Å². The second-order valence-electron chi connectivity index (χ2n) is 5.40. The molecule has 1 heterocycles. The van der Waals surface area contributed by atoms with Crippen molar-refractivity contribution in [1.29, 1.82) is 0 Å². The molecule has 2 aromatic carbocycles. The predicted octanol–water partition coefficient (Wildman–Crippen LogP) is 4.23. The molecule has 0 radical (unpaired) electrons. The van der Waals surface area contributed by atoms with E-state index in [0.29, 0.717) is 4.90 Å². The molecule has 2 aromatic rings. The first-order chi connectivity index (χ1) is 11.8. The number of rotatable bonds is 3. The minimum Gasteiger partial charge on any atom is -0.270 e. The van der Waals surface area contributed by atoms with E-state index >= 15 is 0 Å². The Labute approximate surface area is 140 Å². The summed E-state index contributed by atoms with van der Waals surface area (Å²) in [4.78, 5) is 24.9. The van der Waals surface area contributed by atoms with Crippen LogP contribution in [0.3, 0.4) is 0 Å². The van der Waals surface area contributed by atoms with Crippen LogP contribution in [0.5, 0.6) is 0 Å². The largest absolute Gasteiger partial charge is 0.417 e. The highest BCUT2D eigenvalue weighted by molar-refractivity contribution is 6.21. The molecule has 7 heteroatoms. The van der Waals surface area contributed by atoms with Gasteiger partial charge < -0.3 is 0 Å². The summed E-state index contributed by atoms with van der Waals surface area (Å²) in [7, 11) is 0. The average Bonchev–Trinajstić information content (AvgIpc) is 2.83. The lowest BCUT2D eigenvalue weighted by molar-refractivity contribution is -0.0942. The lowest BCUT2D eigenvalue weighted by Crippen LogP contribution is -2.35. The Morgan fingerprint density at radius 2 is 1.32 bits per heavy atom. The number of carbonyl (C=O) groups excluding carboxylic acids is 2. The van der Waals surface area contributed by atoms with Crippen LogP contribution in [0.4, 0.5) is 17.6 Å². The van der Waals surface area contributed by atoms with Gasteiger partial charge in [-0.3, -0.25) is 14.5 Å². The number of halogens is 4. The third-order valence-corrected chi connectivity index (χ3v) is 3.83. The Balaban J connectivity index is 2.02. The first-order valence-electron chi connectivity index (χ1n) is 7.27. The smallest absolute Gasteiger partial charge is 0.270 e. The predicted molar refractivity (Wildman–Crippen MR) is 82.3 cm³/mol. The van der Waals surface area contributed by atoms with Gasteiger partial charge in [-0.2, -0.15) is 13.2 Å². The molecule has 2 amide bonds. The van der Waals surface area contributed by atoms with Crippen molar-refractivity contribution >= 4 is 17.6 Å². The van der Waals surface area contributed by atoms with E-state index in [1.54, 1.807) is 0 Å². The molecule has 0 bridgehead atoms. The summed E-state index contributed by atoms with van der Waals surface area (Å²) in [5.74, 6) is -3.25. The highest BCUT2D eigenvalue weighted by Gasteiger charge is 2.43. The molecule has 128 valence electrons. The van der Waals surface area contributed by atoms with Gasteiger partial charge in [-0.15, -0.1) is 0 Å². The zero-order chi connectivity index (χ0) is 18.2. The van der Waals surface area contributed by atoms with Crippen LogP contribution in [0.2, 0.25) is 0 Å². The average molecular weight is 349 g/mol. The molecule has 3 nitrogen and oxygen atoms in total. The molecule has 0 saturated carbocycles. The fourth-order valence-corrected chi connectivity index (χ4v) is 2.58. The van der Waals surface area contributed by atoms with Gasteiger partial charge in [0, 0.05) is 5.56 Å². The van der Waals surface area contributed by atoms with E-state index in [2.05, 4.69) is 0 Å². The molecule has 25 heavy (non-hydrogen) atoms. The summed E-state index contributed by atoms with van der Waals surface area (Å²) in [5, 5.41) is 0. The Bertz CT molecular complexity index is 837. The van der Waals surface area contributed by atoms with Gasteiger partial charge in [-0.1, -0.05) is 42.5 Å². The Morgan fingerprint density at radius 1 is 0.840 bits per heavy atom. The van der Waals surface area contributed by atoms with Gasteiger partial charge in [0.15, 0.2) is 0 Å². The Kier molecular flexibility index (Phi) is 4.16. The van der Waals surface area contributed by atoms with Gasteiger partial charge in [0.1, 0.15) is 5.83 Å². The molecular weight excluding hydrogens is 338 g/mol. The topological polar surface area (TPSA) is 37.4 Å². The van der Waals surface area contributed by atoms with Gasteiger partial charge >= 0.3 is 6.18 Å². The van der Waals surface area contributed by atoms with Crippen molar-refractivity contribution in [3.63, 3.8) is 0 Å². The third-order valence-electron chi connectivity index (χ3n) is 3.83. The first kappa shape index (κ1) is 16.9.